The van der Waals surface area contributed by atoms with Crippen LogP contribution in [-0.2, 0) is 22.7 Å². The maximum atomic E-state index is 14.1. The molecule has 0 spiro atoms. The molecule has 154 valence electrons. The van der Waals surface area contributed by atoms with Gasteiger partial charge in [-0.05, 0) is 25.0 Å². The first-order valence-electron chi connectivity index (χ1n) is 10.0. The van der Waals surface area contributed by atoms with Crippen LogP contribution in [0.25, 0.3) is 0 Å². The van der Waals surface area contributed by atoms with Gasteiger partial charge in [0.2, 0.25) is 11.8 Å². The number of aromatic nitrogens is 2. The van der Waals surface area contributed by atoms with Gasteiger partial charge in [0.25, 0.3) is 0 Å². The van der Waals surface area contributed by atoms with Crippen LogP contribution in [0.15, 0.2) is 30.3 Å². The molecule has 4 rings (SSSR count). The Morgan fingerprint density at radius 3 is 2.90 bits per heavy atom. The van der Waals surface area contributed by atoms with Crippen molar-refractivity contribution in [1.82, 2.24) is 25.3 Å². The Hall–Kier alpha value is -2.74. The molecule has 1 aromatic heterocycles. The van der Waals surface area contributed by atoms with E-state index >= 15 is 0 Å². The second-order valence-electron chi connectivity index (χ2n) is 7.91. The Morgan fingerprint density at radius 1 is 1.34 bits per heavy atom. The van der Waals surface area contributed by atoms with Gasteiger partial charge in [-0.25, -0.2) is 4.39 Å². The fraction of sp³-hybridized carbons (Fsp3) is 0.476. The number of H-pyrrole nitrogens is 1. The van der Waals surface area contributed by atoms with E-state index < -0.39 is 6.04 Å². The third kappa shape index (κ3) is 4.64. The lowest BCUT2D eigenvalue weighted by Gasteiger charge is -2.35. The molecule has 1 aliphatic carbocycles. The molecule has 1 unspecified atom stereocenters. The number of aromatic amines is 1. The summed E-state index contributed by atoms with van der Waals surface area (Å²) in [6.07, 6.45) is 2.40. The molecule has 2 aromatic rings. The lowest BCUT2D eigenvalue weighted by atomic mass is 10.1. The monoisotopic (exact) mass is 399 g/mol. The van der Waals surface area contributed by atoms with Crippen LogP contribution in [0.2, 0.25) is 0 Å². The Balaban J connectivity index is 1.39. The zero-order valence-electron chi connectivity index (χ0n) is 16.5. The first kappa shape index (κ1) is 19.6. The third-order valence-corrected chi connectivity index (χ3v) is 5.62. The number of carbonyl (C=O) groups is 2. The van der Waals surface area contributed by atoms with Crippen LogP contribution in [0.3, 0.4) is 0 Å². The largest absolute Gasteiger partial charge is 0.353 e. The zero-order valence-corrected chi connectivity index (χ0v) is 16.5. The van der Waals surface area contributed by atoms with Crippen LogP contribution in [0.4, 0.5) is 4.39 Å². The molecule has 7 nitrogen and oxygen atoms in total. The van der Waals surface area contributed by atoms with Gasteiger partial charge in [0.1, 0.15) is 5.82 Å². The van der Waals surface area contributed by atoms with Gasteiger partial charge >= 0.3 is 0 Å². The minimum atomic E-state index is -0.609. The van der Waals surface area contributed by atoms with Crippen molar-refractivity contribution in [2.45, 2.75) is 44.3 Å². The third-order valence-electron chi connectivity index (χ3n) is 5.62. The summed E-state index contributed by atoms with van der Waals surface area (Å²) in [6.45, 7) is 1.78. The Morgan fingerprint density at radius 2 is 2.14 bits per heavy atom. The average molecular weight is 399 g/mol. The van der Waals surface area contributed by atoms with E-state index in [2.05, 4.69) is 15.5 Å². The molecule has 2 N–H and O–H groups in total. The molecule has 2 heterocycles. The van der Waals surface area contributed by atoms with Crippen molar-refractivity contribution in [1.29, 1.82) is 0 Å². The summed E-state index contributed by atoms with van der Waals surface area (Å²) in [5.41, 5.74) is 2.47. The second-order valence-corrected chi connectivity index (χ2v) is 7.91. The number of hydrogen-bond donors (Lipinski definition) is 2. The summed E-state index contributed by atoms with van der Waals surface area (Å²) in [5.74, 6) is -0.0645. The number of amides is 2. The van der Waals surface area contributed by atoms with Crippen molar-refractivity contribution in [3.05, 3.63) is 53.1 Å². The minimum Gasteiger partial charge on any atom is -0.353 e. The van der Waals surface area contributed by atoms with Gasteiger partial charge in [0.15, 0.2) is 0 Å². The molecule has 1 aromatic carbocycles. The SMILES string of the molecule is CN(Cc1cc(C2CC2)n[nH]1)C(=O)CC1C(=O)NCCN1Cc1ccccc1F. The van der Waals surface area contributed by atoms with Crippen molar-refractivity contribution >= 4 is 11.8 Å². The summed E-state index contributed by atoms with van der Waals surface area (Å²) in [7, 11) is 1.72. The zero-order chi connectivity index (χ0) is 20.4. The van der Waals surface area contributed by atoms with Crippen molar-refractivity contribution in [2.24, 2.45) is 0 Å². The molecule has 1 saturated carbocycles. The normalized spacial score (nSPS) is 19.8. The molecule has 1 saturated heterocycles. The van der Waals surface area contributed by atoms with Crippen LogP contribution < -0.4 is 5.32 Å². The highest BCUT2D eigenvalue weighted by Gasteiger charge is 2.33. The maximum Gasteiger partial charge on any atom is 0.237 e. The lowest BCUT2D eigenvalue weighted by Crippen LogP contribution is -2.56. The molecule has 1 atom stereocenters. The standard InChI is InChI=1S/C21H26FN5O2/c1-26(13-16-10-18(25-24-16)14-6-7-14)20(28)11-19-21(29)23-8-9-27(19)12-15-4-2-3-5-17(15)22/h2-5,10,14,19H,6-9,11-13H2,1H3,(H,23,29)(H,24,25). The van der Waals surface area contributed by atoms with Crippen LogP contribution in [-0.4, -0.2) is 58.0 Å². The average Bonchev–Trinajstić information content (AvgIpc) is 3.45. The predicted molar refractivity (Wildman–Crippen MR) is 105 cm³/mol. The van der Waals surface area contributed by atoms with Crippen molar-refractivity contribution in [3.8, 4) is 0 Å². The summed E-state index contributed by atoms with van der Waals surface area (Å²) < 4.78 is 14.1. The molecule has 0 radical (unpaired) electrons. The van der Waals surface area contributed by atoms with E-state index in [1.54, 1.807) is 30.1 Å². The number of nitrogens with one attached hydrogen (secondary N) is 2. The Kier molecular flexibility index (Phi) is 5.62. The van der Waals surface area contributed by atoms with Crippen LogP contribution in [0, 0.1) is 5.82 Å². The molecule has 0 bridgehead atoms. The van der Waals surface area contributed by atoms with Crippen molar-refractivity contribution in [3.63, 3.8) is 0 Å². The number of hydrogen-bond acceptors (Lipinski definition) is 4. The first-order chi connectivity index (χ1) is 14.0. The molecule has 2 aliphatic rings. The minimum absolute atomic E-state index is 0.0560. The van der Waals surface area contributed by atoms with Crippen LogP contribution in [0.1, 0.15) is 42.1 Å². The first-order valence-corrected chi connectivity index (χ1v) is 10.0. The number of halogens is 1. The molecule has 2 amide bonds. The Labute approximate surface area is 169 Å². The van der Waals surface area contributed by atoms with Crippen LogP contribution in [0.5, 0.6) is 0 Å². The number of nitrogens with zero attached hydrogens (tertiary/aromatic N) is 3. The smallest absolute Gasteiger partial charge is 0.237 e. The molecular formula is C21H26FN5O2. The number of carbonyl (C=O) groups excluding carboxylic acids is 2. The van der Waals surface area contributed by atoms with Crippen molar-refractivity contribution < 1.29 is 14.0 Å². The summed E-state index contributed by atoms with van der Waals surface area (Å²) in [6, 6.07) is 7.94. The highest BCUT2D eigenvalue weighted by molar-refractivity contribution is 5.88. The van der Waals surface area contributed by atoms with Gasteiger partial charge in [-0.15, -0.1) is 0 Å². The maximum absolute atomic E-state index is 14.1. The van der Waals surface area contributed by atoms with Gasteiger partial charge in [-0.3, -0.25) is 19.6 Å². The molecule has 2 fully saturated rings. The fourth-order valence-electron chi connectivity index (χ4n) is 3.73. The summed E-state index contributed by atoms with van der Waals surface area (Å²) in [4.78, 5) is 28.7. The van der Waals surface area contributed by atoms with Gasteiger partial charge in [-0.1, -0.05) is 18.2 Å². The van der Waals surface area contributed by atoms with Gasteiger partial charge in [0.05, 0.1) is 30.4 Å². The van der Waals surface area contributed by atoms with Gasteiger partial charge in [0, 0.05) is 38.2 Å². The summed E-state index contributed by atoms with van der Waals surface area (Å²) in [5, 5.41) is 10.1. The number of benzene rings is 1. The molecule has 1 aliphatic heterocycles. The lowest BCUT2D eigenvalue weighted by molar-refractivity contribution is -0.138. The molecule has 29 heavy (non-hydrogen) atoms. The fourth-order valence-corrected chi connectivity index (χ4v) is 3.73. The predicted octanol–water partition coefficient (Wildman–Crippen LogP) is 1.78. The van der Waals surface area contributed by atoms with Gasteiger partial charge in [-0.2, -0.15) is 5.10 Å². The number of rotatable bonds is 7. The topological polar surface area (TPSA) is 81.3 Å². The quantitative estimate of drug-likeness (QED) is 0.744. The second kappa shape index (κ2) is 8.32. The van der Waals surface area contributed by atoms with E-state index in [1.807, 2.05) is 11.0 Å². The van der Waals surface area contributed by atoms with Crippen LogP contribution >= 0.6 is 0 Å². The Bertz CT molecular complexity index is 895. The van der Waals surface area contributed by atoms with E-state index in [9.17, 15) is 14.0 Å². The van der Waals surface area contributed by atoms with E-state index in [1.165, 1.54) is 18.9 Å². The summed E-state index contributed by atoms with van der Waals surface area (Å²) >= 11 is 0. The van der Waals surface area contributed by atoms with E-state index in [0.717, 1.165) is 11.4 Å². The molecule has 8 heteroatoms. The number of piperazine rings is 1. The van der Waals surface area contributed by atoms with E-state index in [0.29, 0.717) is 37.7 Å². The van der Waals surface area contributed by atoms with Crippen molar-refractivity contribution in [2.75, 3.05) is 20.1 Å². The van der Waals surface area contributed by atoms with E-state index in [4.69, 9.17) is 0 Å². The highest BCUT2D eigenvalue weighted by atomic mass is 19.1. The van der Waals surface area contributed by atoms with Gasteiger partial charge < -0.3 is 10.2 Å². The molecular weight excluding hydrogens is 373 g/mol. The van der Waals surface area contributed by atoms with E-state index in [-0.39, 0.29) is 24.1 Å². The highest BCUT2D eigenvalue weighted by Crippen LogP contribution is 2.39.